The second kappa shape index (κ2) is 7.58. The third-order valence-electron chi connectivity index (χ3n) is 5.52. The van der Waals surface area contributed by atoms with Crippen molar-refractivity contribution in [1.82, 2.24) is 14.9 Å². The first-order valence-electron chi connectivity index (χ1n) is 9.93. The lowest BCUT2D eigenvalue weighted by Crippen LogP contribution is -2.36. The molecule has 1 N–H and O–H groups in total. The number of hydrogen-bond acceptors (Lipinski definition) is 4. The molecular formula is C23H26N4O. The summed E-state index contributed by atoms with van der Waals surface area (Å²) in [4.78, 5) is 24.3. The van der Waals surface area contributed by atoms with Gasteiger partial charge >= 0.3 is 0 Å². The van der Waals surface area contributed by atoms with E-state index in [1.165, 1.54) is 17.5 Å². The number of likely N-dealkylation sites (tertiary alicyclic amines) is 1. The lowest BCUT2D eigenvalue weighted by Gasteiger charge is -2.27. The van der Waals surface area contributed by atoms with Crippen molar-refractivity contribution in [2.75, 3.05) is 18.4 Å². The highest BCUT2D eigenvalue weighted by molar-refractivity contribution is 6.07. The summed E-state index contributed by atoms with van der Waals surface area (Å²) in [6, 6.07) is 10.2. The summed E-state index contributed by atoms with van der Waals surface area (Å²) >= 11 is 0. The van der Waals surface area contributed by atoms with Crippen molar-refractivity contribution >= 4 is 28.3 Å². The fraction of sp³-hybridized carbons (Fsp3) is 0.348. The molecule has 4 rings (SSSR count). The van der Waals surface area contributed by atoms with Crippen LogP contribution >= 0.6 is 0 Å². The molecule has 5 nitrogen and oxygen atoms in total. The van der Waals surface area contributed by atoms with Crippen molar-refractivity contribution in [2.45, 2.75) is 40.0 Å². The molecule has 1 aliphatic heterocycles. The van der Waals surface area contributed by atoms with Crippen molar-refractivity contribution in [3.05, 3.63) is 58.9 Å². The smallest absolute Gasteiger partial charge is 0.257 e. The highest BCUT2D eigenvalue weighted by atomic mass is 16.2. The van der Waals surface area contributed by atoms with Crippen molar-refractivity contribution in [1.29, 1.82) is 0 Å². The maximum atomic E-state index is 13.3. The summed E-state index contributed by atoms with van der Waals surface area (Å²) in [5.74, 6) is 0.0426. The minimum absolute atomic E-state index is 0.0426. The molecule has 0 spiro atoms. The van der Waals surface area contributed by atoms with Gasteiger partial charge in [-0.1, -0.05) is 6.07 Å². The number of nitrogens with zero attached hydrogens (tertiary/aromatic N) is 3. The number of carbonyl (C=O) groups is 1. The van der Waals surface area contributed by atoms with E-state index in [9.17, 15) is 4.79 Å². The molecule has 1 fully saturated rings. The van der Waals surface area contributed by atoms with Gasteiger partial charge in [-0.15, -0.1) is 0 Å². The molecule has 3 heterocycles. The highest BCUT2D eigenvalue weighted by Crippen LogP contribution is 2.30. The first kappa shape index (κ1) is 18.4. The molecule has 5 heteroatoms. The summed E-state index contributed by atoms with van der Waals surface area (Å²) in [7, 11) is 0. The van der Waals surface area contributed by atoms with Crippen LogP contribution < -0.4 is 5.32 Å². The quantitative estimate of drug-likeness (QED) is 0.706. The fourth-order valence-electron chi connectivity index (χ4n) is 3.70. The predicted octanol–water partition coefficient (Wildman–Crippen LogP) is 4.92. The predicted molar refractivity (Wildman–Crippen MR) is 113 cm³/mol. The zero-order valence-corrected chi connectivity index (χ0v) is 16.7. The first-order valence-corrected chi connectivity index (χ1v) is 9.93. The second-order valence-corrected chi connectivity index (χ2v) is 7.65. The van der Waals surface area contributed by atoms with E-state index in [0.717, 1.165) is 48.4 Å². The molecule has 1 aliphatic rings. The number of pyridine rings is 2. The van der Waals surface area contributed by atoms with Crippen LogP contribution in [0.5, 0.6) is 0 Å². The molecule has 0 saturated carbocycles. The molecule has 0 aliphatic carbocycles. The minimum atomic E-state index is 0.0426. The Balaban J connectivity index is 1.81. The largest absolute Gasteiger partial charge is 0.354 e. The maximum Gasteiger partial charge on any atom is 0.257 e. The molecular weight excluding hydrogens is 348 g/mol. The number of aromatic nitrogens is 2. The number of piperidine rings is 1. The second-order valence-electron chi connectivity index (χ2n) is 7.65. The Morgan fingerprint density at radius 2 is 1.79 bits per heavy atom. The van der Waals surface area contributed by atoms with E-state index in [-0.39, 0.29) is 5.91 Å². The van der Waals surface area contributed by atoms with Gasteiger partial charge in [0, 0.05) is 36.1 Å². The van der Waals surface area contributed by atoms with Gasteiger partial charge < -0.3 is 10.2 Å². The molecule has 1 amide bonds. The number of anilines is 2. The summed E-state index contributed by atoms with van der Waals surface area (Å²) in [6.45, 7) is 7.76. The Hall–Kier alpha value is -2.95. The van der Waals surface area contributed by atoms with Crippen LogP contribution in [-0.4, -0.2) is 33.9 Å². The number of nitrogens with one attached hydrogen (secondary N) is 1. The summed E-state index contributed by atoms with van der Waals surface area (Å²) < 4.78 is 0. The van der Waals surface area contributed by atoms with Gasteiger partial charge in [-0.25, -0.2) is 9.97 Å². The Kier molecular flexibility index (Phi) is 4.99. The fourth-order valence-corrected chi connectivity index (χ4v) is 3.70. The molecule has 2 aromatic heterocycles. The van der Waals surface area contributed by atoms with E-state index in [1.807, 2.05) is 30.0 Å². The van der Waals surface area contributed by atoms with Crippen molar-refractivity contribution in [3.8, 4) is 0 Å². The van der Waals surface area contributed by atoms with Gasteiger partial charge in [0.05, 0.1) is 11.3 Å². The molecule has 0 atom stereocenters. The van der Waals surface area contributed by atoms with E-state index in [1.54, 1.807) is 6.20 Å². The number of rotatable bonds is 3. The Morgan fingerprint density at radius 1 is 1.00 bits per heavy atom. The molecule has 28 heavy (non-hydrogen) atoms. The van der Waals surface area contributed by atoms with E-state index in [0.29, 0.717) is 11.2 Å². The average Bonchev–Trinajstić information content (AvgIpc) is 2.71. The standard InChI is InChI=1S/C23H26N4O/c1-15-7-9-18(13-16(15)2)26-21-19-10-8-17(3)25-22(19)24-14-20(21)23(28)27-11-5-4-6-12-27/h7-10,13-14H,4-6,11-12H2,1-3H3,(H,24,25,26). The van der Waals surface area contributed by atoms with Crippen LogP contribution in [-0.2, 0) is 0 Å². The van der Waals surface area contributed by atoms with Crippen molar-refractivity contribution < 1.29 is 4.79 Å². The molecule has 0 radical (unpaired) electrons. The Bertz CT molecular complexity index is 1040. The van der Waals surface area contributed by atoms with Gasteiger partial charge in [0.15, 0.2) is 5.65 Å². The third-order valence-corrected chi connectivity index (χ3v) is 5.52. The van der Waals surface area contributed by atoms with Gasteiger partial charge in [0.25, 0.3) is 5.91 Å². The minimum Gasteiger partial charge on any atom is -0.354 e. The summed E-state index contributed by atoms with van der Waals surface area (Å²) in [5.41, 5.74) is 6.38. The summed E-state index contributed by atoms with van der Waals surface area (Å²) in [5, 5.41) is 4.36. The Labute approximate surface area is 165 Å². The van der Waals surface area contributed by atoms with Crippen molar-refractivity contribution in [3.63, 3.8) is 0 Å². The lowest BCUT2D eigenvalue weighted by atomic mass is 10.1. The first-order chi connectivity index (χ1) is 13.5. The topological polar surface area (TPSA) is 58.1 Å². The molecule has 0 bridgehead atoms. The van der Waals surface area contributed by atoms with Gasteiger partial charge in [0.2, 0.25) is 0 Å². The monoisotopic (exact) mass is 374 g/mol. The molecule has 3 aromatic rings. The third kappa shape index (κ3) is 3.57. The van der Waals surface area contributed by atoms with Crippen LogP contribution in [0, 0.1) is 20.8 Å². The number of benzene rings is 1. The zero-order chi connectivity index (χ0) is 19.7. The van der Waals surface area contributed by atoms with Crippen LogP contribution in [0.3, 0.4) is 0 Å². The number of amides is 1. The van der Waals surface area contributed by atoms with Gasteiger partial charge in [0.1, 0.15) is 0 Å². The molecule has 1 saturated heterocycles. The molecule has 144 valence electrons. The van der Waals surface area contributed by atoms with Crippen LogP contribution in [0.1, 0.15) is 46.4 Å². The number of carbonyl (C=O) groups excluding carboxylic acids is 1. The van der Waals surface area contributed by atoms with Crippen LogP contribution in [0.2, 0.25) is 0 Å². The van der Waals surface area contributed by atoms with Gasteiger partial charge in [-0.3, -0.25) is 4.79 Å². The van der Waals surface area contributed by atoms with E-state index in [2.05, 4.69) is 41.3 Å². The number of aryl methyl sites for hydroxylation is 3. The van der Waals surface area contributed by atoms with E-state index >= 15 is 0 Å². The van der Waals surface area contributed by atoms with Crippen molar-refractivity contribution in [2.24, 2.45) is 0 Å². The SMILES string of the molecule is Cc1ccc2c(Nc3ccc(C)c(C)c3)c(C(=O)N3CCCCC3)cnc2n1. The normalized spacial score (nSPS) is 14.3. The maximum absolute atomic E-state index is 13.3. The van der Waals surface area contributed by atoms with Gasteiger partial charge in [-0.05, 0) is 75.4 Å². The number of hydrogen-bond donors (Lipinski definition) is 1. The zero-order valence-electron chi connectivity index (χ0n) is 16.7. The molecule has 1 aromatic carbocycles. The van der Waals surface area contributed by atoms with Crippen LogP contribution in [0.4, 0.5) is 11.4 Å². The number of fused-ring (bicyclic) bond motifs is 1. The van der Waals surface area contributed by atoms with E-state index in [4.69, 9.17) is 0 Å². The lowest BCUT2D eigenvalue weighted by molar-refractivity contribution is 0.0725. The molecule has 0 unspecified atom stereocenters. The van der Waals surface area contributed by atoms with Crippen LogP contribution in [0.25, 0.3) is 11.0 Å². The van der Waals surface area contributed by atoms with Gasteiger partial charge in [-0.2, -0.15) is 0 Å². The highest BCUT2D eigenvalue weighted by Gasteiger charge is 2.23. The van der Waals surface area contributed by atoms with E-state index < -0.39 is 0 Å². The summed E-state index contributed by atoms with van der Waals surface area (Å²) in [6.07, 6.45) is 4.99. The average molecular weight is 374 g/mol. The van der Waals surface area contributed by atoms with Crippen LogP contribution in [0.15, 0.2) is 36.5 Å². The Morgan fingerprint density at radius 3 is 2.54 bits per heavy atom.